The second-order valence-electron chi connectivity index (χ2n) is 7.16. The SMILES string of the molecule is Cl.NC1(c2noc(-c3ccccc3SCC(=O)N3CCCC3)n2)CCCC1. The average Bonchev–Trinajstić information content (AvgIpc) is 3.41. The molecule has 0 bridgehead atoms. The molecule has 146 valence electrons. The van der Waals surface area contributed by atoms with E-state index in [4.69, 9.17) is 10.3 Å². The molecule has 1 saturated carbocycles. The van der Waals surface area contributed by atoms with Crippen molar-refractivity contribution < 1.29 is 9.32 Å². The lowest BCUT2D eigenvalue weighted by Crippen LogP contribution is -2.34. The van der Waals surface area contributed by atoms with E-state index in [1.165, 1.54) is 11.8 Å². The molecule has 6 nitrogen and oxygen atoms in total. The molecule has 0 spiro atoms. The first-order chi connectivity index (χ1) is 12.7. The van der Waals surface area contributed by atoms with E-state index in [1.807, 2.05) is 29.2 Å². The molecule has 1 amide bonds. The highest BCUT2D eigenvalue weighted by atomic mass is 35.5. The minimum atomic E-state index is -0.463. The van der Waals surface area contributed by atoms with E-state index in [1.54, 1.807) is 0 Å². The Kier molecular flexibility index (Phi) is 6.44. The number of halogens is 1. The first-order valence-electron chi connectivity index (χ1n) is 9.29. The Morgan fingerprint density at radius 1 is 1.19 bits per heavy atom. The molecule has 1 aliphatic heterocycles. The van der Waals surface area contributed by atoms with E-state index in [2.05, 4.69) is 10.1 Å². The van der Waals surface area contributed by atoms with Crippen molar-refractivity contribution in [3.8, 4) is 11.5 Å². The number of rotatable bonds is 5. The van der Waals surface area contributed by atoms with Crippen molar-refractivity contribution >= 4 is 30.1 Å². The zero-order valence-corrected chi connectivity index (χ0v) is 16.9. The number of carbonyl (C=O) groups is 1. The Labute approximate surface area is 169 Å². The first-order valence-corrected chi connectivity index (χ1v) is 10.3. The Morgan fingerprint density at radius 3 is 2.63 bits per heavy atom. The number of amides is 1. The predicted molar refractivity (Wildman–Crippen MR) is 108 cm³/mol. The summed E-state index contributed by atoms with van der Waals surface area (Å²) in [6.45, 7) is 1.76. The average molecular weight is 409 g/mol. The molecule has 27 heavy (non-hydrogen) atoms. The molecule has 1 aliphatic carbocycles. The summed E-state index contributed by atoms with van der Waals surface area (Å²) in [5.74, 6) is 1.70. The van der Waals surface area contributed by atoms with Gasteiger partial charge in [-0.3, -0.25) is 4.79 Å². The lowest BCUT2D eigenvalue weighted by molar-refractivity contribution is -0.127. The number of aromatic nitrogens is 2. The molecule has 4 rings (SSSR count). The van der Waals surface area contributed by atoms with Gasteiger partial charge in [0.1, 0.15) is 0 Å². The number of likely N-dealkylation sites (tertiary alicyclic amines) is 1. The van der Waals surface area contributed by atoms with Gasteiger partial charge in [0.05, 0.1) is 16.9 Å². The zero-order chi connectivity index (χ0) is 18.0. The predicted octanol–water partition coefficient (Wildman–Crippen LogP) is 3.60. The van der Waals surface area contributed by atoms with Gasteiger partial charge in [-0.2, -0.15) is 4.98 Å². The van der Waals surface area contributed by atoms with Crippen LogP contribution in [-0.2, 0) is 10.3 Å². The van der Waals surface area contributed by atoms with Crippen LogP contribution in [0.3, 0.4) is 0 Å². The van der Waals surface area contributed by atoms with E-state index in [0.717, 1.165) is 62.1 Å². The number of nitrogens with zero attached hydrogens (tertiary/aromatic N) is 3. The van der Waals surface area contributed by atoms with E-state index < -0.39 is 5.54 Å². The largest absolute Gasteiger partial charge is 0.342 e. The van der Waals surface area contributed by atoms with Gasteiger partial charge in [0.15, 0.2) is 5.82 Å². The molecule has 1 aromatic heterocycles. The Hall–Kier alpha value is -1.57. The molecule has 0 radical (unpaired) electrons. The Balaban J connectivity index is 0.00000210. The van der Waals surface area contributed by atoms with Crippen LogP contribution >= 0.6 is 24.2 Å². The molecule has 0 unspecified atom stereocenters. The van der Waals surface area contributed by atoms with E-state index in [9.17, 15) is 4.79 Å². The van der Waals surface area contributed by atoms with Gasteiger partial charge in [0, 0.05) is 18.0 Å². The molecule has 1 saturated heterocycles. The fraction of sp³-hybridized carbons (Fsp3) is 0.526. The van der Waals surface area contributed by atoms with Crippen LogP contribution in [0, 0.1) is 0 Å². The summed E-state index contributed by atoms with van der Waals surface area (Å²) in [4.78, 5) is 19.8. The quantitative estimate of drug-likeness (QED) is 0.760. The smallest absolute Gasteiger partial charge is 0.259 e. The third-order valence-electron chi connectivity index (χ3n) is 5.29. The maximum Gasteiger partial charge on any atom is 0.259 e. The van der Waals surface area contributed by atoms with Gasteiger partial charge in [0.2, 0.25) is 5.91 Å². The van der Waals surface area contributed by atoms with Crippen molar-refractivity contribution in [1.82, 2.24) is 15.0 Å². The molecule has 2 heterocycles. The Morgan fingerprint density at radius 2 is 1.89 bits per heavy atom. The number of thioether (sulfide) groups is 1. The molecule has 2 aromatic rings. The van der Waals surface area contributed by atoms with Gasteiger partial charge in [-0.1, -0.05) is 30.1 Å². The molecule has 2 fully saturated rings. The van der Waals surface area contributed by atoms with Crippen LogP contribution in [0.15, 0.2) is 33.7 Å². The summed E-state index contributed by atoms with van der Waals surface area (Å²) in [7, 11) is 0. The third-order valence-corrected chi connectivity index (χ3v) is 6.35. The summed E-state index contributed by atoms with van der Waals surface area (Å²) in [6.07, 6.45) is 6.22. The van der Waals surface area contributed by atoms with Crippen molar-refractivity contribution in [2.24, 2.45) is 5.73 Å². The monoisotopic (exact) mass is 408 g/mol. The van der Waals surface area contributed by atoms with Gasteiger partial charge >= 0.3 is 0 Å². The summed E-state index contributed by atoms with van der Waals surface area (Å²) >= 11 is 1.53. The van der Waals surface area contributed by atoms with Crippen LogP contribution < -0.4 is 5.73 Å². The molecule has 8 heteroatoms. The van der Waals surface area contributed by atoms with Crippen molar-refractivity contribution in [2.45, 2.75) is 49.0 Å². The molecular formula is C19H25ClN4O2S. The number of carbonyl (C=O) groups excluding carboxylic acids is 1. The van der Waals surface area contributed by atoms with Crippen molar-refractivity contribution in [1.29, 1.82) is 0 Å². The highest BCUT2D eigenvalue weighted by Crippen LogP contribution is 2.37. The summed E-state index contributed by atoms with van der Waals surface area (Å²) < 4.78 is 5.53. The van der Waals surface area contributed by atoms with Gasteiger partial charge in [-0.25, -0.2) is 0 Å². The normalized spacial score (nSPS) is 18.5. The number of nitrogens with two attached hydrogens (primary N) is 1. The Bertz CT molecular complexity index is 786. The molecule has 2 N–H and O–H groups in total. The molecule has 1 aromatic carbocycles. The van der Waals surface area contributed by atoms with Gasteiger partial charge in [-0.05, 0) is 37.8 Å². The highest BCUT2D eigenvalue weighted by molar-refractivity contribution is 8.00. The summed E-state index contributed by atoms with van der Waals surface area (Å²) in [5, 5.41) is 4.15. The lowest BCUT2D eigenvalue weighted by Gasteiger charge is -2.17. The highest BCUT2D eigenvalue weighted by Gasteiger charge is 2.36. The fourth-order valence-corrected chi connectivity index (χ4v) is 4.68. The number of hydrogen-bond acceptors (Lipinski definition) is 6. The number of benzene rings is 1. The van der Waals surface area contributed by atoms with Crippen LogP contribution in [0.2, 0.25) is 0 Å². The van der Waals surface area contributed by atoms with Crippen molar-refractivity contribution in [3.63, 3.8) is 0 Å². The van der Waals surface area contributed by atoms with Crippen molar-refractivity contribution in [2.75, 3.05) is 18.8 Å². The maximum absolute atomic E-state index is 12.3. The van der Waals surface area contributed by atoms with Crippen LogP contribution in [-0.4, -0.2) is 39.8 Å². The van der Waals surface area contributed by atoms with Gasteiger partial charge in [-0.15, -0.1) is 24.2 Å². The van der Waals surface area contributed by atoms with Crippen LogP contribution in [0.4, 0.5) is 0 Å². The topological polar surface area (TPSA) is 85.2 Å². The van der Waals surface area contributed by atoms with Gasteiger partial charge in [0.25, 0.3) is 5.89 Å². The van der Waals surface area contributed by atoms with Gasteiger partial charge < -0.3 is 15.2 Å². The van der Waals surface area contributed by atoms with E-state index in [-0.39, 0.29) is 18.3 Å². The fourth-order valence-electron chi connectivity index (χ4n) is 3.73. The van der Waals surface area contributed by atoms with E-state index >= 15 is 0 Å². The first kappa shape index (κ1) is 20.2. The summed E-state index contributed by atoms with van der Waals surface area (Å²) in [6, 6.07) is 7.86. The second-order valence-corrected chi connectivity index (χ2v) is 8.18. The summed E-state index contributed by atoms with van der Waals surface area (Å²) in [5.41, 5.74) is 6.84. The lowest BCUT2D eigenvalue weighted by atomic mass is 9.99. The van der Waals surface area contributed by atoms with Crippen LogP contribution in [0.5, 0.6) is 0 Å². The standard InChI is InChI=1S/C19H24N4O2S.ClH/c20-19(9-3-4-10-19)18-21-17(25-22-18)14-7-1-2-8-15(14)26-13-16(24)23-11-5-6-12-23;/h1-2,7-8H,3-6,9-13,20H2;1H. The molecular weight excluding hydrogens is 384 g/mol. The minimum Gasteiger partial charge on any atom is -0.342 e. The van der Waals surface area contributed by atoms with E-state index in [0.29, 0.717) is 17.5 Å². The second kappa shape index (κ2) is 8.63. The molecule has 2 aliphatic rings. The van der Waals surface area contributed by atoms with Crippen LogP contribution in [0.1, 0.15) is 44.3 Å². The van der Waals surface area contributed by atoms with Crippen LogP contribution in [0.25, 0.3) is 11.5 Å². The zero-order valence-electron chi connectivity index (χ0n) is 15.2. The van der Waals surface area contributed by atoms with Crippen molar-refractivity contribution in [3.05, 3.63) is 30.1 Å². The molecule has 0 atom stereocenters. The third kappa shape index (κ3) is 4.31. The maximum atomic E-state index is 12.3. The minimum absolute atomic E-state index is 0. The number of hydrogen-bond donors (Lipinski definition) is 1.